The second-order valence-corrected chi connectivity index (χ2v) is 5.11. The van der Waals surface area contributed by atoms with E-state index < -0.39 is 11.6 Å². The average Bonchev–Trinajstić information content (AvgIpc) is 2.84. The third-order valence-corrected chi connectivity index (χ3v) is 3.28. The molecule has 0 aromatic heterocycles. The van der Waals surface area contributed by atoms with Crippen molar-refractivity contribution in [3.05, 3.63) is 29.3 Å². The number of ether oxygens (including phenoxy) is 1. The number of benzene rings is 1. The molecule has 8 heteroatoms. The number of amides is 1. The number of nitrogens with zero attached hydrogens (tertiary/aromatic N) is 2. The summed E-state index contributed by atoms with van der Waals surface area (Å²) in [6.45, 7) is 2.08. The molecule has 0 aliphatic carbocycles. The first-order chi connectivity index (χ1) is 10.1. The first kappa shape index (κ1) is 15.4. The van der Waals surface area contributed by atoms with Gasteiger partial charge in [-0.1, -0.05) is 18.7 Å². The highest BCUT2D eigenvalue weighted by molar-refractivity contribution is 8.15. The fraction of sp³-hybridized carbons (Fsp3) is 0.308. The Labute approximate surface area is 124 Å². The van der Waals surface area contributed by atoms with Crippen molar-refractivity contribution >= 4 is 29.1 Å². The summed E-state index contributed by atoms with van der Waals surface area (Å²) >= 11 is 1.21. The predicted molar refractivity (Wildman–Crippen MR) is 77.8 cm³/mol. The molecule has 1 aliphatic heterocycles. The SMILES string of the molecule is CCCOc1c(F)cc(C=NN=C2NC(=O)CS2)cc1F. The van der Waals surface area contributed by atoms with Gasteiger partial charge in [0.2, 0.25) is 5.91 Å². The number of hydrogen-bond donors (Lipinski definition) is 1. The van der Waals surface area contributed by atoms with Crippen molar-refractivity contribution in [3.8, 4) is 5.75 Å². The molecule has 1 N–H and O–H groups in total. The van der Waals surface area contributed by atoms with Gasteiger partial charge in [-0.25, -0.2) is 8.78 Å². The minimum Gasteiger partial charge on any atom is -0.488 e. The topological polar surface area (TPSA) is 63.1 Å². The first-order valence-corrected chi connectivity index (χ1v) is 7.24. The van der Waals surface area contributed by atoms with Crippen molar-refractivity contribution in [2.45, 2.75) is 13.3 Å². The highest BCUT2D eigenvalue weighted by Crippen LogP contribution is 2.23. The van der Waals surface area contributed by atoms with Gasteiger partial charge in [-0.3, -0.25) is 4.79 Å². The molecule has 2 rings (SSSR count). The zero-order valence-corrected chi connectivity index (χ0v) is 12.0. The predicted octanol–water partition coefficient (Wildman–Crippen LogP) is 2.31. The summed E-state index contributed by atoms with van der Waals surface area (Å²) in [5.41, 5.74) is 0.215. The zero-order chi connectivity index (χ0) is 15.2. The smallest absolute Gasteiger partial charge is 0.236 e. The molecule has 0 unspecified atom stereocenters. The van der Waals surface area contributed by atoms with Crippen LogP contribution in [0.3, 0.4) is 0 Å². The Morgan fingerprint density at radius 2 is 2.14 bits per heavy atom. The number of nitrogens with one attached hydrogen (secondary N) is 1. The molecule has 21 heavy (non-hydrogen) atoms. The van der Waals surface area contributed by atoms with Gasteiger partial charge in [-0.15, -0.1) is 5.10 Å². The van der Waals surface area contributed by atoms with Crippen LogP contribution in [0.15, 0.2) is 22.3 Å². The van der Waals surface area contributed by atoms with Crippen molar-refractivity contribution in [2.75, 3.05) is 12.4 Å². The summed E-state index contributed by atoms with van der Waals surface area (Å²) in [5, 5.41) is 10.3. The third-order valence-electron chi connectivity index (χ3n) is 2.41. The molecule has 0 bridgehead atoms. The molecule has 0 radical (unpaired) electrons. The van der Waals surface area contributed by atoms with Gasteiger partial charge in [0, 0.05) is 5.56 Å². The molecule has 1 aromatic rings. The summed E-state index contributed by atoms with van der Waals surface area (Å²) in [6.07, 6.45) is 1.86. The van der Waals surface area contributed by atoms with Crippen LogP contribution in [0.1, 0.15) is 18.9 Å². The number of carbonyl (C=O) groups excluding carboxylic acids is 1. The highest BCUT2D eigenvalue weighted by Gasteiger charge is 2.16. The van der Waals surface area contributed by atoms with E-state index in [2.05, 4.69) is 15.5 Å². The molecule has 5 nitrogen and oxygen atoms in total. The Morgan fingerprint density at radius 1 is 1.43 bits per heavy atom. The van der Waals surface area contributed by atoms with Crippen molar-refractivity contribution in [1.82, 2.24) is 5.32 Å². The van der Waals surface area contributed by atoms with Crippen molar-refractivity contribution in [2.24, 2.45) is 10.2 Å². The maximum atomic E-state index is 13.7. The lowest BCUT2D eigenvalue weighted by Crippen LogP contribution is -2.19. The second kappa shape index (κ2) is 7.16. The molecular weight excluding hydrogens is 300 g/mol. The standard InChI is InChI=1S/C13H13F2N3O2S/c1-2-3-20-12-9(14)4-8(5-10(12)15)6-16-18-13-17-11(19)7-21-13/h4-6H,2-3,7H2,1H3,(H,17,18,19). The second-order valence-electron chi connectivity index (χ2n) is 4.15. The van der Waals surface area contributed by atoms with E-state index >= 15 is 0 Å². The van der Waals surface area contributed by atoms with E-state index in [9.17, 15) is 13.6 Å². The molecule has 112 valence electrons. The number of carbonyl (C=O) groups is 1. The van der Waals surface area contributed by atoms with Gasteiger partial charge in [0.15, 0.2) is 22.6 Å². The van der Waals surface area contributed by atoms with Crippen LogP contribution in [0.5, 0.6) is 5.75 Å². The van der Waals surface area contributed by atoms with Gasteiger partial charge in [0.25, 0.3) is 0 Å². The Hall–Kier alpha value is -1.96. The van der Waals surface area contributed by atoms with Gasteiger partial charge in [-0.05, 0) is 18.6 Å². The van der Waals surface area contributed by atoms with Crippen LogP contribution in [0.4, 0.5) is 8.78 Å². The number of rotatable bonds is 5. The van der Waals surface area contributed by atoms with Crippen molar-refractivity contribution in [3.63, 3.8) is 0 Å². The molecular formula is C13H13F2N3O2S. The van der Waals surface area contributed by atoms with E-state index in [1.807, 2.05) is 6.92 Å². The number of amidine groups is 1. The summed E-state index contributed by atoms with van der Waals surface area (Å²) in [7, 11) is 0. The third kappa shape index (κ3) is 4.25. The van der Waals surface area contributed by atoms with Crippen molar-refractivity contribution in [1.29, 1.82) is 0 Å². The minimum absolute atomic E-state index is 0.150. The van der Waals surface area contributed by atoms with E-state index in [1.54, 1.807) is 0 Å². The van der Waals surface area contributed by atoms with Crippen LogP contribution >= 0.6 is 11.8 Å². The molecule has 0 spiro atoms. The van der Waals surface area contributed by atoms with E-state index in [0.717, 1.165) is 12.1 Å². The monoisotopic (exact) mass is 313 g/mol. The first-order valence-electron chi connectivity index (χ1n) is 6.25. The van der Waals surface area contributed by atoms with E-state index in [-0.39, 0.29) is 23.8 Å². The van der Waals surface area contributed by atoms with Crippen LogP contribution in [0.25, 0.3) is 0 Å². The van der Waals surface area contributed by atoms with Crippen LogP contribution in [0, 0.1) is 11.6 Å². The normalized spacial score (nSPS) is 16.7. The summed E-state index contributed by atoms with van der Waals surface area (Å²) in [6, 6.07) is 2.22. The maximum absolute atomic E-state index is 13.7. The summed E-state index contributed by atoms with van der Waals surface area (Å²) in [4.78, 5) is 10.9. The fourth-order valence-electron chi connectivity index (χ4n) is 1.52. The Bertz CT molecular complexity index is 582. The van der Waals surface area contributed by atoms with Crippen LogP contribution < -0.4 is 10.1 Å². The van der Waals surface area contributed by atoms with Gasteiger partial charge < -0.3 is 10.1 Å². The maximum Gasteiger partial charge on any atom is 0.236 e. The number of thioether (sulfide) groups is 1. The molecule has 0 saturated carbocycles. The van der Waals surface area contributed by atoms with E-state index in [4.69, 9.17) is 4.74 Å². The summed E-state index contributed by atoms with van der Waals surface area (Å²) < 4.78 is 32.4. The minimum atomic E-state index is -0.791. The van der Waals surface area contributed by atoms with Crippen LogP contribution in [0.2, 0.25) is 0 Å². The molecule has 1 aromatic carbocycles. The largest absolute Gasteiger partial charge is 0.488 e. The fourth-order valence-corrected chi connectivity index (χ4v) is 2.15. The van der Waals surface area contributed by atoms with Gasteiger partial charge in [0.05, 0.1) is 18.6 Å². The van der Waals surface area contributed by atoms with Crippen LogP contribution in [-0.2, 0) is 4.79 Å². The molecule has 1 heterocycles. The quantitative estimate of drug-likeness (QED) is 0.670. The van der Waals surface area contributed by atoms with E-state index in [1.165, 1.54) is 18.0 Å². The Kier molecular flexibility index (Phi) is 5.26. The van der Waals surface area contributed by atoms with Gasteiger partial charge >= 0.3 is 0 Å². The molecule has 1 saturated heterocycles. The highest BCUT2D eigenvalue weighted by atomic mass is 32.2. The Morgan fingerprint density at radius 3 is 2.71 bits per heavy atom. The lowest BCUT2D eigenvalue weighted by Gasteiger charge is -2.07. The van der Waals surface area contributed by atoms with Gasteiger partial charge in [0.1, 0.15) is 0 Å². The van der Waals surface area contributed by atoms with E-state index in [0.29, 0.717) is 17.3 Å². The Balaban J connectivity index is 2.09. The number of halogens is 2. The molecule has 1 amide bonds. The van der Waals surface area contributed by atoms with Crippen molar-refractivity contribution < 1.29 is 18.3 Å². The van der Waals surface area contributed by atoms with Gasteiger partial charge in [-0.2, -0.15) is 5.10 Å². The number of hydrogen-bond acceptors (Lipinski definition) is 5. The average molecular weight is 313 g/mol. The molecule has 1 fully saturated rings. The lowest BCUT2D eigenvalue weighted by atomic mass is 10.2. The van der Waals surface area contributed by atoms with Crippen LogP contribution in [-0.4, -0.2) is 29.6 Å². The lowest BCUT2D eigenvalue weighted by molar-refractivity contribution is -0.116. The zero-order valence-electron chi connectivity index (χ0n) is 11.2. The molecule has 0 atom stereocenters. The molecule has 1 aliphatic rings. The summed E-state index contributed by atoms with van der Waals surface area (Å²) in [5.74, 6) is -1.83.